The van der Waals surface area contributed by atoms with Crippen molar-refractivity contribution < 1.29 is 0 Å². The van der Waals surface area contributed by atoms with Gasteiger partial charge in [0.05, 0.1) is 0 Å². The number of hydrogen-bond donors (Lipinski definition) is 1. The number of nitrogens with zero attached hydrogens (tertiary/aromatic N) is 2. The maximum Gasteiger partial charge on any atom is 0.133 e. The van der Waals surface area contributed by atoms with E-state index in [9.17, 15) is 0 Å². The first-order valence-electron chi connectivity index (χ1n) is 5.97. The first-order chi connectivity index (χ1) is 7.83. The number of anilines is 1. The fraction of sp³-hybridized carbons (Fsp3) is 0.667. The van der Waals surface area contributed by atoms with Crippen molar-refractivity contribution in [2.24, 2.45) is 0 Å². The smallest absolute Gasteiger partial charge is 0.133 e. The predicted octanol–water partition coefficient (Wildman–Crippen LogP) is 3.36. The lowest BCUT2D eigenvalue weighted by Gasteiger charge is -2.10. The second-order valence-corrected chi connectivity index (χ2v) is 4.75. The van der Waals surface area contributed by atoms with E-state index in [-0.39, 0.29) is 0 Å². The molecule has 4 heteroatoms. The molecule has 0 aliphatic carbocycles. The number of nitrogens with one attached hydrogen (secondary N) is 1. The van der Waals surface area contributed by atoms with Gasteiger partial charge in [0.25, 0.3) is 0 Å². The Hall–Kier alpha value is -0.770. The van der Waals surface area contributed by atoms with E-state index in [0.29, 0.717) is 0 Å². The third kappa shape index (κ3) is 3.67. The first kappa shape index (κ1) is 13.3. The highest BCUT2D eigenvalue weighted by Gasteiger charge is 2.08. The van der Waals surface area contributed by atoms with Crippen LogP contribution < -0.4 is 5.32 Å². The molecule has 0 fully saturated rings. The van der Waals surface area contributed by atoms with Gasteiger partial charge >= 0.3 is 0 Å². The molecule has 1 heterocycles. The molecule has 0 saturated heterocycles. The Morgan fingerprint density at radius 2 is 2.06 bits per heavy atom. The summed E-state index contributed by atoms with van der Waals surface area (Å²) in [6, 6.07) is 0. The molecule has 0 aromatic carbocycles. The number of aromatic nitrogens is 2. The third-order valence-electron chi connectivity index (χ3n) is 2.48. The second-order valence-electron chi connectivity index (χ2n) is 3.67. The highest BCUT2D eigenvalue weighted by Crippen LogP contribution is 2.25. The van der Waals surface area contributed by atoms with E-state index in [0.717, 1.165) is 23.0 Å². The number of thioether (sulfide) groups is 1. The summed E-state index contributed by atoms with van der Waals surface area (Å²) in [5.74, 6) is 2.12. The van der Waals surface area contributed by atoms with Crippen molar-refractivity contribution in [3.63, 3.8) is 0 Å². The second kappa shape index (κ2) is 7.49. The van der Waals surface area contributed by atoms with Gasteiger partial charge in [-0.15, -0.1) is 11.8 Å². The Labute approximate surface area is 102 Å². The number of rotatable bonds is 7. The highest BCUT2D eigenvalue weighted by atomic mass is 32.2. The van der Waals surface area contributed by atoms with Gasteiger partial charge < -0.3 is 5.32 Å². The highest BCUT2D eigenvalue weighted by molar-refractivity contribution is 7.99. The van der Waals surface area contributed by atoms with Gasteiger partial charge in [0, 0.05) is 12.6 Å². The molecule has 1 aromatic heterocycles. The van der Waals surface area contributed by atoms with Crippen molar-refractivity contribution in [1.29, 1.82) is 0 Å². The maximum atomic E-state index is 4.37. The van der Waals surface area contributed by atoms with Crippen LogP contribution in [0.3, 0.4) is 0 Å². The number of unbranched alkanes of at least 4 members (excludes halogenated alkanes) is 2. The minimum atomic E-state index is 0.968. The zero-order valence-electron chi connectivity index (χ0n) is 10.4. The zero-order valence-corrected chi connectivity index (χ0v) is 11.2. The van der Waals surface area contributed by atoms with E-state index in [1.54, 1.807) is 6.33 Å². The molecular formula is C12H21N3S. The lowest BCUT2D eigenvalue weighted by Crippen LogP contribution is -2.01. The van der Waals surface area contributed by atoms with Crippen molar-refractivity contribution in [2.75, 3.05) is 18.1 Å². The molecule has 1 rings (SSSR count). The van der Waals surface area contributed by atoms with Gasteiger partial charge in [-0.1, -0.05) is 26.7 Å². The van der Waals surface area contributed by atoms with Crippen molar-refractivity contribution in [1.82, 2.24) is 9.97 Å². The molecular weight excluding hydrogens is 218 g/mol. The quantitative estimate of drug-likeness (QED) is 0.450. The molecule has 0 bridgehead atoms. The molecule has 0 spiro atoms. The fourth-order valence-corrected chi connectivity index (χ4v) is 2.65. The van der Waals surface area contributed by atoms with Crippen LogP contribution in [0, 0.1) is 0 Å². The molecule has 0 unspecified atom stereocenters. The molecule has 1 aromatic rings. The van der Waals surface area contributed by atoms with Gasteiger partial charge in [-0.3, -0.25) is 0 Å². The van der Waals surface area contributed by atoms with E-state index in [1.165, 1.54) is 24.8 Å². The molecule has 0 aliphatic rings. The van der Waals surface area contributed by atoms with Gasteiger partial charge in [-0.05, 0) is 18.6 Å². The zero-order chi connectivity index (χ0) is 11.8. The van der Waals surface area contributed by atoms with E-state index in [2.05, 4.69) is 29.1 Å². The van der Waals surface area contributed by atoms with E-state index in [4.69, 9.17) is 0 Å². The molecule has 3 nitrogen and oxygen atoms in total. The minimum Gasteiger partial charge on any atom is -0.373 e. The van der Waals surface area contributed by atoms with Crippen LogP contribution in [0.15, 0.2) is 11.4 Å². The van der Waals surface area contributed by atoms with Crippen LogP contribution in [0.5, 0.6) is 0 Å². The lowest BCUT2D eigenvalue weighted by molar-refractivity contribution is 0.777. The maximum absolute atomic E-state index is 4.37. The molecule has 0 saturated carbocycles. The Kier molecular flexibility index (Phi) is 6.23. The Bertz CT molecular complexity index is 315. The van der Waals surface area contributed by atoms with E-state index in [1.807, 2.05) is 18.8 Å². The SMILES string of the molecule is CCCCCSc1ncnc(NC)c1CC. The van der Waals surface area contributed by atoms with Gasteiger partial charge in [0.15, 0.2) is 0 Å². The third-order valence-corrected chi connectivity index (χ3v) is 3.60. The first-order valence-corrected chi connectivity index (χ1v) is 6.96. The van der Waals surface area contributed by atoms with Crippen LogP contribution in [-0.2, 0) is 6.42 Å². The van der Waals surface area contributed by atoms with Crippen molar-refractivity contribution in [2.45, 2.75) is 44.6 Å². The molecule has 0 atom stereocenters. The van der Waals surface area contributed by atoms with Crippen LogP contribution in [-0.4, -0.2) is 22.8 Å². The van der Waals surface area contributed by atoms with Crippen LogP contribution in [0.4, 0.5) is 5.82 Å². The Morgan fingerprint density at radius 1 is 1.25 bits per heavy atom. The molecule has 16 heavy (non-hydrogen) atoms. The summed E-state index contributed by atoms with van der Waals surface area (Å²) in [5, 5.41) is 4.26. The van der Waals surface area contributed by atoms with Gasteiger partial charge in [0.1, 0.15) is 17.2 Å². The van der Waals surface area contributed by atoms with Crippen molar-refractivity contribution in [3.8, 4) is 0 Å². The predicted molar refractivity (Wildman–Crippen MR) is 71.2 cm³/mol. The van der Waals surface area contributed by atoms with Crippen molar-refractivity contribution >= 4 is 17.6 Å². The summed E-state index contributed by atoms with van der Waals surface area (Å²) in [6.07, 6.45) is 6.47. The molecule has 0 radical (unpaired) electrons. The standard InChI is InChI=1S/C12H21N3S/c1-4-6-7-8-16-12-10(5-2)11(13-3)14-9-15-12/h9H,4-8H2,1-3H3,(H,13,14,15). The van der Waals surface area contributed by atoms with Gasteiger partial charge in [-0.2, -0.15) is 0 Å². The number of hydrogen-bond acceptors (Lipinski definition) is 4. The van der Waals surface area contributed by atoms with Crippen LogP contribution in [0.25, 0.3) is 0 Å². The monoisotopic (exact) mass is 239 g/mol. The van der Waals surface area contributed by atoms with E-state index < -0.39 is 0 Å². The Balaban J connectivity index is 2.63. The molecule has 90 valence electrons. The van der Waals surface area contributed by atoms with Gasteiger partial charge in [-0.25, -0.2) is 9.97 Å². The Morgan fingerprint density at radius 3 is 2.69 bits per heavy atom. The summed E-state index contributed by atoms with van der Waals surface area (Å²) in [7, 11) is 1.91. The summed E-state index contributed by atoms with van der Waals surface area (Å²) in [4.78, 5) is 8.61. The summed E-state index contributed by atoms with van der Waals surface area (Å²) >= 11 is 1.85. The molecule has 0 amide bonds. The largest absolute Gasteiger partial charge is 0.373 e. The average molecular weight is 239 g/mol. The average Bonchev–Trinajstić information content (AvgIpc) is 2.34. The fourth-order valence-electron chi connectivity index (χ4n) is 1.58. The summed E-state index contributed by atoms with van der Waals surface area (Å²) in [5.41, 5.74) is 1.24. The summed E-state index contributed by atoms with van der Waals surface area (Å²) in [6.45, 7) is 4.38. The van der Waals surface area contributed by atoms with Crippen molar-refractivity contribution in [3.05, 3.63) is 11.9 Å². The van der Waals surface area contributed by atoms with Crippen LogP contribution in [0.2, 0.25) is 0 Å². The lowest BCUT2D eigenvalue weighted by atomic mass is 10.2. The molecule has 0 aliphatic heterocycles. The van der Waals surface area contributed by atoms with Crippen LogP contribution >= 0.6 is 11.8 Å². The van der Waals surface area contributed by atoms with Gasteiger partial charge in [0.2, 0.25) is 0 Å². The molecule has 1 N–H and O–H groups in total. The summed E-state index contributed by atoms with van der Waals surface area (Å²) < 4.78 is 0. The van der Waals surface area contributed by atoms with E-state index >= 15 is 0 Å². The van der Waals surface area contributed by atoms with Crippen LogP contribution in [0.1, 0.15) is 38.7 Å². The normalized spacial score (nSPS) is 10.4. The minimum absolute atomic E-state index is 0.968. The topological polar surface area (TPSA) is 37.8 Å².